The van der Waals surface area contributed by atoms with E-state index in [0.717, 1.165) is 0 Å². The molecule has 0 aliphatic rings. The normalized spacial score (nSPS) is 10.1. The summed E-state index contributed by atoms with van der Waals surface area (Å²) in [7, 11) is 1.33. The van der Waals surface area contributed by atoms with Crippen molar-refractivity contribution < 1.29 is 14.3 Å². The van der Waals surface area contributed by atoms with E-state index >= 15 is 0 Å². The Balaban J connectivity index is 2.64. The van der Waals surface area contributed by atoms with Gasteiger partial charge in [0.15, 0.2) is 5.13 Å². The molecular formula is C12H19N3O3S. The highest BCUT2D eigenvalue weighted by atomic mass is 32.1. The van der Waals surface area contributed by atoms with Gasteiger partial charge in [0, 0.05) is 13.1 Å². The predicted octanol–water partition coefficient (Wildman–Crippen LogP) is 1.52. The number of esters is 1. The second kappa shape index (κ2) is 7.08. The fraction of sp³-hybridized carbons (Fsp3) is 0.583. The van der Waals surface area contributed by atoms with Crippen molar-refractivity contribution in [2.24, 2.45) is 0 Å². The summed E-state index contributed by atoms with van der Waals surface area (Å²) >= 11 is 1.19. The van der Waals surface area contributed by atoms with Crippen molar-refractivity contribution in [1.82, 2.24) is 9.88 Å². The molecule has 0 unspecified atom stereocenters. The van der Waals surface area contributed by atoms with E-state index in [2.05, 4.69) is 15.0 Å². The summed E-state index contributed by atoms with van der Waals surface area (Å²) in [6.07, 6.45) is 0. The Labute approximate surface area is 116 Å². The quantitative estimate of drug-likeness (QED) is 0.802. The van der Waals surface area contributed by atoms with Gasteiger partial charge in [0.05, 0.1) is 19.3 Å². The van der Waals surface area contributed by atoms with Crippen molar-refractivity contribution in [3.8, 4) is 0 Å². The largest absolute Gasteiger partial charge is 0.465 e. The molecule has 0 spiro atoms. The smallest absolute Gasteiger partial charge is 0.350 e. The average Bonchev–Trinajstić information content (AvgIpc) is 2.78. The van der Waals surface area contributed by atoms with Crippen LogP contribution in [0.2, 0.25) is 0 Å². The van der Waals surface area contributed by atoms with Crippen LogP contribution >= 0.6 is 11.3 Å². The maximum absolute atomic E-state index is 11.8. The number of thiazole rings is 1. The molecule has 0 bridgehead atoms. The number of aromatic nitrogens is 1. The molecule has 19 heavy (non-hydrogen) atoms. The highest BCUT2D eigenvalue weighted by Gasteiger charge is 2.16. The number of carbonyl (C=O) groups is 2. The van der Waals surface area contributed by atoms with Crippen LogP contribution in [0.5, 0.6) is 0 Å². The molecule has 1 heterocycles. The van der Waals surface area contributed by atoms with Crippen LogP contribution in [0.4, 0.5) is 5.13 Å². The van der Waals surface area contributed by atoms with Gasteiger partial charge in [0.2, 0.25) is 5.91 Å². The molecule has 0 saturated heterocycles. The molecule has 0 aliphatic carbocycles. The van der Waals surface area contributed by atoms with Gasteiger partial charge in [-0.2, -0.15) is 0 Å². The number of methoxy groups -OCH3 is 1. The van der Waals surface area contributed by atoms with Gasteiger partial charge in [-0.15, -0.1) is 0 Å². The first kappa shape index (κ1) is 15.4. The van der Waals surface area contributed by atoms with Crippen molar-refractivity contribution in [2.45, 2.75) is 20.8 Å². The van der Waals surface area contributed by atoms with E-state index in [4.69, 9.17) is 0 Å². The van der Waals surface area contributed by atoms with Crippen molar-refractivity contribution >= 4 is 28.3 Å². The minimum absolute atomic E-state index is 0.0115. The fourth-order valence-electron chi connectivity index (χ4n) is 1.59. The van der Waals surface area contributed by atoms with Gasteiger partial charge in [-0.25, -0.2) is 9.78 Å². The van der Waals surface area contributed by atoms with Gasteiger partial charge in [-0.1, -0.05) is 11.3 Å². The van der Waals surface area contributed by atoms with Gasteiger partial charge in [-0.3, -0.25) is 4.79 Å². The van der Waals surface area contributed by atoms with E-state index in [9.17, 15) is 9.59 Å². The Morgan fingerprint density at radius 2 is 2.00 bits per heavy atom. The summed E-state index contributed by atoms with van der Waals surface area (Å²) in [5, 5.41) is 3.50. The van der Waals surface area contributed by atoms with Crippen LogP contribution in [-0.4, -0.2) is 48.5 Å². The minimum Gasteiger partial charge on any atom is -0.465 e. The lowest BCUT2D eigenvalue weighted by Gasteiger charge is -2.18. The molecule has 0 atom stereocenters. The highest BCUT2D eigenvalue weighted by Crippen LogP contribution is 2.22. The molecule has 0 fully saturated rings. The van der Waals surface area contributed by atoms with E-state index in [1.165, 1.54) is 18.4 Å². The Bertz CT molecular complexity index is 455. The van der Waals surface area contributed by atoms with E-state index in [1.807, 2.05) is 13.8 Å². The van der Waals surface area contributed by atoms with E-state index in [0.29, 0.717) is 28.8 Å². The number of hydrogen-bond donors (Lipinski definition) is 1. The Morgan fingerprint density at radius 3 is 2.53 bits per heavy atom. The summed E-state index contributed by atoms with van der Waals surface area (Å²) in [4.78, 5) is 29.6. The fourth-order valence-corrected chi connectivity index (χ4v) is 2.47. The minimum atomic E-state index is -0.405. The van der Waals surface area contributed by atoms with Crippen molar-refractivity contribution in [1.29, 1.82) is 0 Å². The van der Waals surface area contributed by atoms with Crippen LogP contribution in [0.3, 0.4) is 0 Å². The molecule has 1 aromatic rings. The second-order valence-electron chi connectivity index (χ2n) is 3.84. The van der Waals surface area contributed by atoms with Crippen LogP contribution < -0.4 is 5.32 Å². The number of ether oxygens (including phenoxy) is 1. The average molecular weight is 285 g/mol. The molecule has 0 radical (unpaired) electrons. The number of aryl methyl sites for hydroxylation is 1. The lowest BCUT2D eigenvalue weighted by molar-refractivity contribution is -0.128. The van der Waals surface area contributed by atoms with Crippen molar-refractivity contribution in [2.75, 3.05) is 32.1 Å². The van der Waals surface area contributed by atoms with E-state index in [-0.39, 0.29) is 12.5 Å². The molecule has 7 heteroatoms. The molecule has 1 amide bonds. The number of nitrogens with one attached hydrogen (secondary N) is 1. The Kier molecular flexibility index (Phi) is 5.75. The first-order valence-corrected chi connectivity index (χ1v) is 6.92. The van der Waals surface area contributed by atoms with Crippen LogP contribution in [0.15, 0.2) is 0 Å². The summed E-state index contributed by atoms with van der Waals surface area (Å²) in [6.45, 7) is 7.15. The number of nitrogens with zero attached hydrogens (tertiary/aromatic N) is 2. The summed E-state index contributed by atoms with van der Waals surface area (Å²) in [5.41, 5.74) is 0.606. The lowest BCUT2D eigenvalue weighted by atomic mass is 10.4. The highest BCUT2D eigenvalue weighted by molar-refractivity contribution is 7.17. The first-order valence-electron chi connectivity index (χ1n) is 6.10. The van der Waals surface area contributed by atoms with Gasteiger partial charge < -0.3 is 15.0 Å². The monoisotopic (exact) mass is 285 g/mol. The molecule has 0 aliphatic heterocycles. The molecule has 106 valence electrons. The van der Waals surface area contributed by atoms with Crippen molar-refractivity contribution in [3.05, 3.63) is 10.6 Å². The molecule has 0 saturated carbocycles. The van der Waals surface area contributed by atoms with Crippen LogP contribution in [0, 0.1) is 6.92 Å². The molecule has 1 rings (SSSR count). The third-order valence-electron chi connectivity index (χ3n) is 2.67. The number of amides is 1. The third kappa shape index (κ3) is 3.92. The lowest BCUT2D eigenvalue weighted by Crippen LogP contribution is -2.35. The third-order valence-corrected chi connectivity index (χ3v) is 3.77. The first-order chi connectivity index (χ1) is 9.03. The van der Waals surface area contributed by atoms with Crippen LogP contribution in [-0.2, 0) is 9.53 Å². The zero-order chi connectivity index (χ0) is 14.4. The Hall–Kier alpha value is -1.63. The predicted molar refractivity (Wildman–Crippen MR) is 74.6 cm³/mol. The summed E-state index contributed by atoms with van der Waals surface area (Å²) < 4.78 is 4.66. The standard InChI is InChI=1S/C12H19N3O3S/c1-5-15(6-2)9(16)7-13-12-14-8(3)10(19-12)11(17)18-4/h5-7H2,1-4H3,(H,13,14). The van der Waals surface area contributed by atoms with E-state index < -0.39 is 5.97 Å². The number of carbonyl (C=O) groups excluding carboxylic acids is 2. The van der Waals surface area contributed by atoms with Crippen LogP contribution in [0.25, 0.3) is 0 Å². The molecule has 6 nitrogen and oxygen atoms in total. The van der Waals surface area contributed by atoms with Crippen LogP contribution in [0.1, 0.15) is 29.2 Å². The second-order valence-corrected chi connectivity index (χ2v) is 4.84. The number of anilines is 1. The SMILES string of the molecule is CCN(CC)C(=O)CNc1nc(C)c(C(=O)OC)s1. The number of hydrogen-bond acceptors (Lipinski definition) is 6. The molecular weight excluding hydrogens is 266 g/mol. The molecule has 0 aromatic carbocycles. The number of likely N-dealkylation sites (N-methyl/N-ethyl adjacent to an activating group) is 1. The van der Waals surface area contributed by atoms with Gasteiger partial charge in [0.1, 0.15) is 4.88 Å². The number of rotatable bonds is 6. The van der Waals surface area contributed by atoms with E-state index in [1.54, 1.807) is 11.8 Å². The van der Waals surface area contributed by atoms with Crippen molar-refractivity contribution in [3.63, 3.8) is 0 Å². The van der Waals surface area contributed by atoms with Gasteiger partial charge in [0.25, 0.3) is 0 Å². The summed E-state index contributed by atoms with van der Waals surface area (Å²) in [6, 6.07) is 0. The maximum atomic E-state index is 11.8. The zero-order valence-electron chi connectivity index (χ0n) is 11.6. The van der Waals surface area contributed by atoms with Gasteiger partial charge in [-0.05, 0) is 20.8 Å². The maximum Gasteiger partial charge on any atom is 0.350 e. The summed E-state index contributed by atoms with van der Waals surface area (Å²) in [5.74, 6) is -0.393. The molecule has 1 aromatic heterocycles. The molecule has 1 N–H and O–H groups in total. The Morgan fingerprint density at radius 1 is 1.37 bits per heavy atom. The topological polar surface area (TPSA) is 71.5 Å². The zero-order valence-corrected chi connectivity index (χ0v) is 12.5. The van der Waals surface area contributed by atoms with Gasteiger partial charge >= 0.3 is 5.97 Å².